The van der Waals surface area contributed by atoms with Crippen LogP contribution in [-0.2, 0) is 4.79 Å². The Balaban J connectivity index is 2.20. The van der Waals surface area contributed by atoms with Gasteiger partial charge < -0.3 is 11.5 Å². The van der Waals surface area contributed by atoms with Crippen LogP contribution in [0, 0.1) is 0 Å². The molecule has 0 aromatic carbocycles. The molecule has 1 heterocycles. The Morgan fingerprint density at radius 3 is 2.73 bits per heavy atom. The van der Waals surface area contributed by atoms with Crippen molar-refractivity contribution in [2.45, 2.75) is 18.9 Å². The summed E-state index contributed by atoms with van der Waals surface area (Å²) in [5.41, 5.74) is 10.5. The molecule has 1 aliphatic heterocycles. The summed E-state index contributed by atoms with van der Waals surface area (Å²) in [6.07, 6.45) is 1.86. The number of nitrogens with two attached hydrogens (primary N) is 2. The molecule has 4 nitrogen and oxygen atoms in total. The normalized spacial score (nSPS) is 24.6. The molecule has 1 aliphatic rings. The lowest BCUT2D eigenvalue weighted by molar-refractivity contribution is -0.127. The number of rotatable bonds is 4. The van der Waals surface area contributed by atoms with Crippen LogP contribution in [-0.4, -0.2) is 36.5 Å². The topological polar surface area (TPSA) is 72.3 Å². The Kier molecular flexibility index (Phi) is 2.84. The van der Waals surface area contributed by atoms with E-state index >= 15 is 0 Å². The van der Waals surface area contributed by atoms with Gasteiger partial charge in [0.15, 0.2) is 0 Å². The Bertz CT molecular complexity index is 149. The summed E-state index contributed by atoms with van der Waals surface area (Å²) in [4.78, 5) is 12.8. The summed E-state index contributed by atoms with van der Waals surface area (Å²) >= 11 is 0. The van der Waals surface area contributed by atoms with Gasteiger partial charge in [-0.05, 0) is 19.4 Å². The molecule has 0 saturated carbocycles. The van der Waals surface area contributed by atoms with E-state index in [2.05, 4.69) is 4.90 Å². The van der Waals surface area contributed by atoms with E-state index in [0.717, 1.165) is 25.9 Å². The minimum absolute atomic E-state index is 0.0125. The zero-order valence-electron chi connectivity index (χ0n) is 6.62. The van der Waals surface area contributed by atoms with Gasteiger partial charge in [0.2, 0.25) is 5.91 Å². The van der Waals surface area contributed by atoms with Crippen molar-refractivity contribution in [3.63, 3.8) is 0 Å². The molecule has 0 bridgehead atoms. The first kappa shape index (κ1) is 8.49. The van der Waals surface area contributed by atoms with Crippen LogP contribution in [0.25, 0.3) is 0 Å². The van der Waals surface area contributed by atoms with Crippen molar-refractivity contribution in [1.29, 1.82) is 0 Å². The fourth-order valence-corrected chi connectivity index (χ4v) is 1.32. The number of carbonyl (C=O) groups is 1. The second kappa shape index (κ2) is 3.69. The van der Waals surface area contributed by atoms with Crippen LogP contribution in [0.15, 0.2) is 0 Å². The standard InChI is InChI=1S/C7H15N3O/c8-3-1-4-10-5-2-6(10)7(9)11/h6H,1-5,8H2,(H2,9,11). The zero-order chi connectivity index (χ0) is 8.27. The molecule has 11 heavy (non-hydrogen) atoms. The molecule has 0 aliphatic carbocycles. The van der Waals surface area contributed by atoms with Gasteiger partial charge in [-0.15, -0.1) is 0 Å². The third-order valence-electron chi connectivity index (χ3n) is 2.11. The predicted octanol–water partition coefficient (Wildman–Crippen LogP) is -1.11. The fourth-order valence-electron chi connectivity index (χ4n) is 1.32. The highest BCUT2D eigenvalue weighted by atomic mass is 16.1. The fraction of sp³-hybridized carbons (Fsp3) is 0.857. The van der Waals surface area contributed by atoms with Crippen LogP contribution >= 0.6 is 0 Å². The summed E-state index contributed by atoms with van der Waals surface area (Å²) in [6, 6.07) is -0.0125. The van der Waals surface area contributed by atoms with Crippen molar-refractivity contribution < 1.29 is 4.79 Å². The van der Waals surface area contributed by atoms with Crippen LogP contribution in [0.4, 0.5) is 0 Å². The van der Waals surface area contributed by atoms with E-state index < -0.39 is 0 Å². The van der Waals surface area contributed by atoms with Crippen LogP contribution < -0.4 is 11.5 Å². The number of carbonyl (C=O) groups excluding carboxylic acids is 1. The minimum atomic E-state index is -0.201. The summed E-state index contributed by atoms with van der Waals surface area (Å²) in [6.45, 7) is 2.58. The Morgan fingerprint density at radius 2 is 2.36 bits per heavy atom. The second-order valence-corrected chi connectivity index (χ2v) is 2.89. The molecule has 1 fully saturated rings. The predicted molar refractivity (Wildman–Crippen MR) is 42.8 cm³/mol. The molecule has 0 radical (unpaired) electrons. The van der Waals surface area contributed by atoms with Gasteiger partial charge in [-0.1, -0.05) is 0 Å². The molecule has 0 aromatic heterocycles. The van der Waals surface area contributed by atoms with Gasteiger partial charge in [0.1, 0.15) is 0 Å². The van der Waals surface area contributed by atoms with Crippen LogP contribution in [0.2, 0.25) is 0 Å². The molecular formula is C7H15N3O. The molecule has 4 heteroatoms. The van der Waals surface area contributed by atoms with E-state index in [0.29, 0.717) is 6.54 Å². The van der Waals surface area contributed by atoms with E-state index in [1.807, 2.05) is 0 Å². The quantitative estimate of drug-likeness (QED) is 0.544. The SMILES string of the molecule is NCCCN1CCC1C(N)=O. The molecule has 64 valence electrons. The van der Waals surface area contributed by atoms with Crippen molar-refractivity contribution in [3.05, 3.63) is 0 Å². The van der Waals surface area contributed by atoms with Crippen molar-refractivity contribution >= 4 is 5.91 Å². The van der Waals surface area contributed by atoms with Gasteiger partial charge in [-0.2, -0.15) is 0 Å². The summed E-state index contributed by atoms with van der Waals surface area (Å²) in [7, 11) is 0. The monoisotopic (exact) mass is 157 g/mol. The van der Waals surface area contributed by atoms with Crippen LogP contribution in [0.5, 0.6) is 0 Å². The molecule has 4 N–H and O–H groups in total. The van der Waals surface area contributed by atoms with E-state index in [4.69, 9.17) is 11.5 Å². The number of likely N-dealkylation sites (tertiary alicyclic amines) is 1. The van der Waals surface area contributed by atoms with Crippen LogP contribution in [0.3, 0.4) is 0 Å². The largest absolute Gasteiger partial charge is 0.368 e. The first-order valence-corrected chi connectivity index (χ1v) is 3.99. The Morgan fingerprint density at radius 1 is 1.64 bits per heavy atom. The van der Waals surface area contributed by atoms with Crippen molar-refractivity contribution in [2.75, 3.05) is 19.6 Å². The average molecular weight is 157 g/mol. The molecule has 1 saturated heterocycles. The molecule has 0 spiro atoms. The zero-order valence-corrected chi connectivity index (χ0v) is 6.62. The number of primary amides is 1. The van der Waals surface area contributed by atoms with Gasteiger partial charge in [-0.25, -0.2) is 0 Å². The van der Waals surface area contributed by atoms with Crippen molar-refractivity contribution in [3.8, 4) is 0 Å². The molecule has 0 aromatic rings. The number of nitrogens with zero attached hydrogens (tertiary/aromatic N) is 1. The third-order valence-corrected chi connectivity index (χ3v) is 2.11. The molecule has 1 rings (SSSR count). The summed E-state index contributed by atoms with van der Waals surface area (Å²) in [5.74, 6) is -0.201. The molecule has 1 amide bonds. The van der Waals surface area contributed by atoms with E-state index in [1.54, 1.807) is 0 Å². The molecule has 1 atom stereocenters. The smallest absolute Gasteiger partial charge is 0.234 e. The second-order valence-electron chi connectivity index (χ2n) is 2.89. The first-order chi connectivity index (χ1) is 5.25. The van der Waals surface area contributed by atoms with E-state index in [9.17, 15) is 4.79 Å². The lowest BCUT2D eigenvalue weighted by Gasteiger charge is -2.38. The molecule has 1 unspecified atom stereocenters. The average Bonchev–Trinajstić information content (AvgIpc) is 1.84. The highest BCUT2D eigenvalue weighted by molar-refractivity contribution is 5.80. The third kappa shape index (κ3) is 1.91. The van der Waals surface area contributed by atoms with Gasteiger partial charge >= 0.3 is 0 Å². The Hall–Kier alpha value is -0.610. The Labute approximate surface area is 66.5 Å². The highest BCUT2D eigenvalue weighted by Gasteiger charge is 2.31. The number of hydrogen-bond acceptors (Lipinski definition) is 3. The maximum absolute atomic E-state index is 10.7. The van der Waals surface area contributed by atoms with E-state index in [1.165, 1.54) is 0 Å². The lowest BCUT2D eigenvalue weighted by Crippen LogP contribution is -2.55. The number of amides is 1. The maximum atomic E-state index is 10.7. The first-order valence-electron chi connectivity index (χ1n) is 3.99. The van der Waals surface area contributed by atoms with E-state index in [-0.39, 0.29) is 11.9 Å². The summed E-state index contributed by atoms with van der Waals surface area (Å²) in [5, 5.41) is 0. The molecular weight excluding hydrogens is 142 g/mol. The lowest BCUT2D eigenvalue weighted by atomic mass is 10.0. The van der Waals surface area contributed by atoms with Gasteiger partial charge in [0.25, 0.3) is 0 Å². The minimum Gasteiger partial charge on any atom is -0.368 e. The van der Waals surface area contributed by atoms with Crippen LogP contribution in [0.1, 0.15) is 12.8 Å². The van der Waals surface area contributed by atoms with Gasteiger partial charge in [0, 0.05) is 13.1 Å². The van der Waals surface area contributed by atoms with Gasteiger partial charge in [-0.3, -0.25) is 9.69 Å². The van der Waals surface area contributed by atoms with Gasteiger partial charge in [0.05, 0.1) is 6.04 Å². The van der Waals surface area contributed by atoms with Crippen molar-refractivity contribution in [2.24, 2.45) is 11.5 Å². The van der Waals surface area contributed by atoms with Crippen molar-refractivity contribution in [1.82, 2.24) is 4.90 Å². The summed E-state index contributed by atoms with van der Waals surface area (Å²) < 4.78 is 0. The highest BCUT2D eigenvalue weighted by Crippen LogP contribution is 2.16. The number of hydrogen-bond donors (Lipinski definition) is 2. The maximum Gasteiger partial charge on any atom is 0.234 e.